The number of aryl methyl sites for hydroxylation is 1. The molecule has 0 atom stereocenters. The van der Waals surface area contributed by atoms with Crippen LogP contribution in [-0.4, -0.2) is 38.5 Å². The highest BCUT2D eigenvalue weighted by Crippen LogP contribution is 2.28. The fraction of sp³-hybridized carbons (Fsp3) is 0.529. The highest BCUT2D eigenvalue weighted by atomic mass is 35.5. The maximum atomic E-state index is 11.5. The van der Waals surface area contributed by atoms with E-state index in [-0.39, 0.29) is 11.8 Å². The quantitative estimate of drug-likeness (QED) is 0.374. The molecule has 7 heteroatoms. The maximum Gasteiger partial charge on any atom is 0.223 e. The minimum absolute atomic E-state index is 0.166. The Labute approximate surface area is 153 Å². The van der Waals surface area contributed by atoms with Crippen LogP contribution >= 0.6 is 23.2 Å². The molecule has 1 saturated carbocycles. The van der Waals surface area contributed by atoms with E-state index in [2.05, 4.69) is 20.9 Å². The molecule has 1 aliphatic rings. The van der Waals surface area contributed by atoms with E-state index in [1.807, 2.05) is 12.1 Å². The number of nitrogens with one attached hydrogen (secondary N) is 3. The summed E-state index contributed by atoms with van der Waals surface area (Å²) in [7, 11) is 1.73. The van der Waals surface area contributed by atoms with Gasteiger partial charge < -0.3 is 16.0 Å². The van der Waals surface area contributed by atoms with Gasteiger partial charge in [0.1, 0.15) is 0 Å². The monoisotopic (exact) mass is 370 g/mol. The van der Waals surface area contributed by atoms with Crippen LogP contribution < -0.4 is 16.0 Å². The normalized spacial score (nSPS) is 14.4. The standard InChI is InChI=1S/C17H24Cl2N4O/c1-20-17(23-10-9-21-16(24)13-4-5-13)22-8-2-3-12-6-7-14(18)11-15(12)19/h6-7,11,13H,2-5,8-10H2,1H3,(H,21,24)(H2,20,22,23). The third kappa shape index (κ3) is 6.57. The van der Waals surface area contributed by atoms with E-state index in [4.69, 9.17) is 23.2 Å². The Morgan fingerprint density at radius 1 is 1.17 bits per heavy atom. The molecule has 1 amide bonds. The molecule has 1 fully saturated rings. The Balaban J connectivity index is 1.58. The second-order valence-corrected chi connectivity index (χ2v) is 6.67. The number of hydrogen-bond donors (Lipinski definition) is 3. The zero-order chi connectivity index (χ0) is 17.4. The number of aliphatic imine (C=N–C) groups is 1. The van der Waals surface area contributed by atoms with Crippen LogP contribution in [0.5, 0.6) is 0 Å². The van der Waals surface area contributed by atoms with Gasteiger partial charge in [0.25, 0.3) is 0 Å². The molecule has 0 aromatic heterocycles. The van der Waals surface area contributed by atoms with Gasteiger partial charge in [0, 0.05) is 42.6 Å². The molecule has 1 aromatic rings. The number of amides is 1. The number of guanidine groups is 1. The van der Waals surface area contributed by atoms with Gasteiger partial charge in [-0.25, -0.2) is 0 Å². The van der Waals surface area contributed by atoms with Crippen LogP contribution in [0, 0.1) is 5.92 Å². The molecule has 0 saturated heterocycles. The summed E-state index contributed by atoms with van der Waals surface area (Å²) in [4.78, 5) is 15.7. The first-order valence-electron chi connectivity index (χ1n) is 8.26. The summed E-state index contributed by atoms with van der Waals surface area (Å²) in [5.74, 6) is 1.15. The SMILES string of the molecule is CN=C(NCCCc1ccc(Cl)cc1Cl)NCCNC(=O)C1CC1. The first-order valence-corrected chi connectivity index (χ1v) is 9.02. The summed E-state index contributed by atoms with van der Waals surface area (Å²) in [5, 5.41) is 10.7. The van der Waals surface area contributed by atoms with Crippen molar-refractivity contribution in [2.24, 2.45) is 10.9 Å². The van der Waals surface area contributed by atoms with Gasteiger partial charge >= 0.3 is 0 Å². The van der Waals surface area contributed by atoms with Gasteiger partial charge in [-0.15, -0.1) is 0 Å². The lowest BCUT2D eigenvalue weighted by Crippen LogP contribution is -2.42. The van der Waals surface area contributed by atoms with Crippen molar-refractivity contribution in [3.05, 3.63) is 33.8 Å². The number of rotatable bonds is 8. The van der Waals surface area contributed by atoms with Gasteiger partial charge in [-0.2, -0.15) is 0 Å². The Hall–Kier alpha value is -1.46. The summed E-state index contributed by atoms with van der Waals surface area (Å²) in [6.45, 7) is 2.05. The predicted octanol–water partition coefficient (Wildman–Crippen LogP) is 2.62. The molecule has 132 valence electrons. The molecule has 1 aromatic carbocycles. The molecule has 0 unspecified atom stereocenters. The van der Waals surface area contributed by atoms with Crippen molar-refractivity contribution in [2.75, 3.05) is 26.7 Å². The van der Waals surface area contributed by atoms with Crippen molar-refractivity contribution in [3.8, 4) is 0 Å². The number of hydrogen-bond acceptors (Lipinski definition) is 2. The van der Waals surface area contributed by atoms with Gasteiger partial charge in [0.15, 0.2) is 5.96 Å². The largest absolute Gasteiger partial charge is 0.356 e. The number of benzene rings is 1. The van der Waals surface area contributed by atoms with E-state index in [0.717, 1.165) is 43.8 Å². The Kier molecular flexibility index (Phi) is 7.66. The lowest BCUT2D eigenvalue weighted by atomic mass is 10.1. The molecule has 0 aliphatic heterocycles. The van der Waals surface area contributed by atoms with Crippen LogP contribution in [0.15, 0.2) is 23.2 Å². The smallest absolute Gasteiger partial charge is 0.223 e. The molecule has 0 radical (unpaired) electrons. The number of nitrogens with zero attached hydrogens (tertiary/aromatic N) is 1. The van der Waals surface area contributed by atoms with Crippen molar-refractivity contribution in [1.82, 2.24) is 16.0 Å². The van der Waals surface area contributed by atoms with Crippen LogP contribution in [0.25, 0.3) is 0 Å². The number of carbonyl (C=O) groups is 1. The third-order valence-electron chi connectivity index (χ3n) is 3.82. The van der Waals surface area contributed by atoms with Gasteiger partial charge in [-0.05, 0) is 43.4 Å². The number of halogens is 2. The van der Waals surface area contributed by atoms with Crippen LogP contribution in [0.4, 0.5) is 0 Å². The molecule has 2 rings (SSSR count). The van der Waals surface area contributed by atoms with Crippen molar-refractivity contribution in [3.63, 3.8) is 0 Å². The third-order valence-corrected chi connectivity index (χ3v) is 4.41. The highest BCUT2D eigenvalue weighted by molar-refractivity contribution is 6.35. The van der Waals surface area contributed by atoms with Gasteiger partial charge in [-0.3, -0.25) is 9.79 Å². The fourth-order valence-electron chi connectivity index (χ4n) is 2.29. The van der Waals surface area contributed by atoms with Crippen molar-refractivity contribution in [1.29, 1.82) is 0 Å². The maximum absolute atomic E-state index is 11.5. The Bertz CT molecular complexity index is 588. The van der Waals surface area contributed by atoms with Crippen LogP contribution in [0.2, 0.25) is 10.0 Å². The average molecular weight is 371 g/mol. The zero-order valence-corrected chi connectivity index (χ0v) is 15.4. The topological polar surface area (TPSA) is 65.5 Å². The second kappa shape index (κ2) is 9.74. The predicted molar refractivity (Wildman–Crippen MR) is 99.9 cm³/mol. The van der Waals surface area contributed by atoms with E-state index < -0.39 is 0 Å². The lowest BCUT2D eigenvalue weighted by Gasteiger charge is -2.12. The van der Waals surface area contributed by atoms with E-state index in [9.17, 15) is 4.79 Å². The Morgan fingerprint density at radius 2 is 1.88 bits per heavy atom. The van der Waals surface area contributed by atoms with Crippen LogP contribution in [0.1, 0.15) is 24.8 Å². The first kappa shape index (κ1) is 18.9. The summed E-state index contributed by atoms with van der Waals surface area (Å²) in [6, 6.07) is 5.58. The minimum Gasteiger partial charge on any atom is -0.356 e. The average Bonchev–Trinajstić information content (AvgIpc) is 3.39. The van der Waals surface area contributed by atoms with Gasteiger partial charge in [-0.1, -0.05) is 29.3 Å². The minimum atomic E-state index is 0.166. The molecule has 5 nitrogen and oxygen atoms in total. The lowest BCUT2D eigenvalue weighted by molar-refractivity contribution is -0.122. The fourth-order valence-corrected chi connectivity index (χ4v) is 2.79. The first-order chi connectivity index (χ1) is 11.6. The highest BCUT2D eigenvalue weighted by Gasteiger charge is 2.28. The molecular formula is C17H24Cl2N4O. The summed E-state index contributed by atoms with van der Waals surface area (Å²) < 4.78 is 0. The van der Waals surface area contributed by atoms with Crippen molar-refractivity contribution in [2.45, 2.75) is 25.7 Å². The molecular weight excluding hydrogens is 347 g/mol. The summed E-state index contributed by atoms with van der Waals surface area (Å²) in [6.07, 6.45) is 3.86. The Morgan fingerprint density at radius 3 is 2.54 bits per heavy atom. The summed E-state index contributed by atoms with van der Waals surface area (Å²) >= 11 is 12.1. The van der Waals surface area contributed by atoms with Crippen LogP contribution in [-0.2, 0) is 11.2 Å². The van der Waals surface area contributed by atoms with Crippen molar-refractivity contribution < 1.29 is 4.79 Å². The van der Waals surface area contributed by atoms with E-state index in [1.165, 1.54) is 0 Å². The second-order valence-electron chi connectivity index (χ2n) is 5.83. The molecule has 0 bridgehead atoms. The van der Waals surface area contributed by atoms with Crippen molar-refractivity contribution >= 4 is 35.1 Å². The molecule has 0 heterocycles. The molecule has 3 N–H and O–H groups in total. The molecule has 0 spiro atoms. The molecule has 24 heavy (non-hydrogen) atoms. The van der Waals surface area contributed by atoms with Crippen LogP contribution in [0.3, 0.4) is 0 Å². The van der Waals surface area contributed by atoms with Gasteiger partial charge in [0.2, 0.25) is 5.91 Å². The van der Waals surface area contributed by atoms with E-state index >= 15 is 0 Å². The van der Waals surface area contributed by atoms with E-state index in [0.29, 0.717) is 23.1 Å². The van der Waals surface area contributed by atoms with Gasteiger partial charge in [0.05, 0.1) is 0 Å². The zero-order valence-electron chi connectivity index (χ0n) is 13.9. The number of carbonyl (C=O) groups excluding carboxylic acids is 1. The molecule has 1 aliphatic carbocycles. The van der Waals surface area contributed by atoms with E-state index in [1.54, 1.807) is 13.1 Å². The summed E-state index contributed by atoms with van der Waals surface area (Å²) in [5.41, 5.74) is 1.09.